The van der Waals surface area contributed by atoms with Gasteiger partial charge in [0.25, 0.3) is 0 Å². The second-order valence-corrected chi connectivity index (χ2v) is 21.4. The Hall–Kier alpha value is -11.6. The Balaban J connectivity index is 0.000000179. The van der Waals surface area contributed by atoms with Crippen molar-refractivity contribution in [2.24, 2.45) is 0 Å². The zero-order chi connectivity index (χ0) is 104. The third-order valence-electron chi connectivity index (χ3n) is 16.2. The first-order valence-corrected chi connectivity index (χ1v) is 27.6. The Kier molecular flexibility index (Phi) is 4.87. The summed E-state index contributed by atoms with van der Waals surface area (Å²) in [6.07, 6.45) is 0. The van der Waals surface area contributed by atoms with Crippen LogP contribution < -0.4 is 0 Å². The van der Waals surface area contributed by atoms with Crippen molar-refractivity contribution >= 4 is 130 Å². The molecular formula is C89H56O2. The average Bonchev–Trinajstić information content (AvgIpc) is 1.67. The molecule has 2 aromatic heterocycles. The van der Waals surface area contributed by atoms with Crippen LogP contribution in [-0.2, 0) is 5.41 Å². The molecule has 0 amide bonds. The van der Waals surface area contributed by atoms with Crippen molar-refractivity contribution in [3.8, 4) is 55.6 Å². The molecule has 0 saturated carbocycles. The van der Waals surface area contributed by atoms with Crippen molar-refractivity contribution < 1.29 is 77.4 Å². The van der Waals surface area contributed by atoms with Crippen molar-refractivity contribution in [1.29, 1.82) is 0 Å². The molecule has 0 bridgehead atoms. The van der Waals surface area contributed by atoms with E-state index in [-0.39, 0.29) is 27.6 Å². The van der Waals surface area contributed by atoms with Gasteiger partial charge in [-0.3, -0.25) is 0 Å². The van der Waals surface area contributed by atoms with Crippen LogP contribution >= 0.6 is 0 Å². The molecule has 19 aromatic rings. The van der Waals surface area contributed by atoms with E-state index in [9.17, 15) is 26.0 Å². The maximum Gasteiger partial charge on any atom is 0.143 e. The highest BCUT2D eigenvalue weighted by Crippen LogP contribution is 2.53. The molecule has 1 aliphatic carbocycles. The minimum Gasteiger partial charge on any atom is -0.455 e. The average molecular weight is 1210 g/mol. The normalized spacial score (nSPS) is 20.5. The van der Waals surface area contributed by atoms with E-state index < -0.39 is 477 Å². The van der Waals surface area contributed by atoms with Crippen molar-refractivity contribution in [2.75, 3.05) is 0 Å². The van der Waals surface area contributed by atoms with E-state index in [0.29, 0.717) is 0 Å². The largest absolute Gasteiger partial charge is 0.455 e. The molecule has 0 fully saturated rings. The standard InChI is InChI=1S/C45H30O.C44H26O/c1-45(2)39-18-10-9-13-31(39)32-22-20-29(26-40(32)45)43-35-16-7-5-14-33(35)42(34-15-6-8-17-36(34)43)28-21-24-41-38(25-28)37-23-19-27-11-3-4-12-30(27)44(37)46-41;1-3-12-30-27(10-1)20-23-33-32(30)18-9-19-34(33)43-37-16-7-5-14-35(37)42(36-15-6-8-17-38(36)43)29-22-25-41-40(26-29)39-24-21-28-11-2-4-13-31(28)44(39)45-41/h3-26H,1-2H3;1-26H/i3D,4D,5D,6D,7D,8D,9D,10D,11D,12D,13D,14D,15D,16D,17D,18D,19D,20D,21D,22D,23D,24D,25D,26D;1D,2D,3D,4D,5D,6D,7D,8D,9D,10D,11D,12D,13D,14D,15D,16D,17D,18D,19D,20D,21D,22D,23D,24D,25D,26D. The number of rotatable bonds is 4. The topological polar surface area (TPSA) is 26.3 Å². The van der Waals surface area contributed by atoms with Crippen molar-refractivity contribution in [1.82, 2.24) is 0 Å². The quantitative estimate of drug-likeness (QED) is 0.130. The van der Waals surface area contributed by atoms with Crippen molar-refractivity contribution in [3.05, 3.63) is 313 Å². The molecule has 0 aliphatic heterocycles. The van der Waals surface area contributed by atoms with Crippen LogP contribution in [0.5, 0.6) is 0 Å². The van der Waals surface area contributed by atoms with Crippen molar-refractivity contribution in [2.45, 2.75) is 19.3 Å². The van der Waals surface area contributed by atoms with Gasteiger partial charge in [-0.1, -0.05) is 274 Å². The summed E-state index contributed by atoms with van der Waals surface area (Å²) in [7, 11) is 0. The lowest BCUT2D eigenvalue weighted by Gasteiger charge is -2.23. The lowest BCUT2D eigenvalue weighted by molar-refractivity contribution is 0.660. The van der Waals surface area contributed by atoms with Gasteiger partial charge in [0.05, 0.1) is 68.5 Å². The Labute approximate surface area is 595 Å². The lowest BCUT2D eigenvalue weighted by atomic mass is 9.80. The summed E-state index contributed by atoms with van der Waals surface area (Å²) in [6, 6.07) is -41.1. The van der Waals surface area contributed by atoms with Gasteiger partial charge in [-0.15, -0.1) is 0 Å². The van der Waals surface area contributed by atoms with E-state index in [2.05, 4.69) is 0 Å². The third-order valence-corrected chi connectivity index (χ3v) is 16.2. The SMILES string of the molecule is [2H]c1c(-c2c3c([2H])c([2H])c([2H])c([2H])c3c(-c3c([2H])c([2H])c([2H])c4c3c([2H])c([2H])c3c([2H])c([2H])c([2H])c([2H])c34)c3c([2H])c([2H])c([2H])c([2H])c23)c([2H])c2c(oc3c4c([2H])c([2H])c([2H])c([2H])c4c([2H])c([2H])c32)c1[2H].[2H]c1c([2H])c([2H])c2c(c1[2H])-c1c([2H])c([2H])c(-c3c4c([2H])c([2H])c([2H])c([2H])c4c(-c4c([2H])c([2H])c5oc6c7c([2H])c([2H])c([2H])c([2H])c7c([2H])c([2H])c6c5c4[2H])c4c([2H])c([2H])c([2H])c([2H])c34)c([2H])c1C2(C)C. The van der Waals surface area contributed by atoms with Crippen LogP contribution in [0.4, 0.5) is 0 Å². The molecule has 0 spiro atoms. The Morgan fingerprint density at radius 3 is 1.08 bits per heavy atom. The fraction of sp³-hybridized carbons (Fsp3) is 0.0337. The van der Waals surface area contributed by atoms with Crippen molar-refractivity contribution in [3.63, 3.8) is 0 Å². The summed E-state index contributed by atoms with van der Waals surface area (Å²) < 4.78 is 464. The summed E-state index contributed by atoms with van der Waals surface area (Å²) in [6.45, 7) is 3.06. The van der Waals surface area contributed by atoms with Gasteiger partial charge in [0.1, 0.15) is 22.3 Å². The Morgan fingerprint density at radius 1 is 0.231 bits per heavy atom. The molecule has 17 aromatic carbocycles. The first kappa shape index (κ1) is 22.5. The Morgan fingerprint density at radius 2 is 0.582 bits per heavy atom. The zero-order valence-corrected chi connectivity index (χ0v) is 46.3. The van der Waals surface area contributed by atoms with E-state index in [1.807, 2.05) is 0 Å². The maximum absolute atomic E-state index is 9.91. The minimum absolute atomic E-state index is 0.00184. The molecule has 2 heteroatoms. The number of hydrogen-bond donors (Lipinski definition) is 0. The monoisotopic (exact) mass is 1210 g/mol. The van der Waals surface area contributed by atoms with Gasteiger partial charge >= 0.3 is 0 Å². The summed E-state index contributed by atoms with van der Waals surface area (Å²) >= 11 is 0. The van der Waals surface area contributed by atoms with Gasteiger partial charge in [-0.25, -0.2) is 0 Å². The van der Waals surface area contributed by atoms with E-state index >= 15 is 0 Å². The van der Waals surface area contributed by atoms with Gasteiger partial charge in [-0.05, 0) is 184 Å². The predicted octanol–water partition coefficient (Wildman–Crippen LogP) is 25.4. The van der Waals surface area contributed by atoms with Crippen LogP contribution in [0.1, 0.15) is 93.5 Å². The highest BCUT2D eigenvalue weighted by molar-refractivity contribution is 6.27. The van der Waals surface area contributed by atoms with Gasteiger partial charge in [0.15, 0.2) is 0 Å². The summed E-state index contributed by atoms with van der Waals surface area (Å²) in [5.74, 6) is 0. The zero-order valence-electron chi connectivity index (χ0n) is 96.3. The van der Waals surface area contributed by atoms with Gasteiger partial charge in [0.2, 0.25) is 0 Å². The second-order valence-electron chi connectivity index (χ2n) is 21.4. The van der Waals surface area contributed by atoms with E-state index in [1.165, 1.54) is 13.8 Å². The molecule has 0 radical (unpaired) electrons. The van der Waals surface area contributed by atoms with Crippen LogP contribution in [0, 0.1) is 0 Å². The summed E-state index contributed by atoms with van der Waals surface area (Å²) in [4.78, 5) is 0. The van der Waals surface area contributed by atoms with Crippen LogP contribution in [0.15, 0.2) is 311 Å². The minimum atomic E-state index is -1.51. The van der Waals surface area contributed by atoms with Gasteiger partial charge < -0.3 is 8.83 Å². The molecule has 0 unspecified atom stereocenters. The first-order valence-electron chi connectivity index (χ1n) is 52.6. The fourth-order valence-corrected chi connectivity index (χ4v) is 12.2. The third kappa shape index (κ3) is 7.67. The molecule has 0 atom stereocenters. The fourth-order valence-electron chi connectivity index (χ4n) is 12.2. The molecule has 0 N–H and O–H groups in total. The highest BCUT2D eigenvalue weighted by atomic mass is 16.3. The summed E-state index contributed by atoms with van der Waals surface area (Å²) in [5, 5.41) is -11.0. The molecule has 0 saturated heterocycles. The molecule has 20 rings (SSSR count). The number of hydrogen-bond acceptors (Lipinski definition) is 2. The molecule has 2 heterocycles. The van der Waals surface area contributed by atoms with Gasteiger partial charge in [-0.2, -0.15) is 0 Å². The second kappa shape index (κ2) is 19.7. The molecule has 424 valence electrons. The lowest BCUT2D eigenvalue weighted by Crippen LogP contribution is -2.14. The molecule has 91 heavy (non-hydrogen) atoms. The van der Waals surface area contributed by atoms with Crippen LogP contribution in [0.2, 0.25) is 0 Å². The first-order chi connectivity index (χ1) is 65.7. The Bertz CT molecular complexity index is 9270. The highest BCUT2D eigenvalue weighted by Gasteiger charge is 2.35. The maximum atomic E-state index is 9.91. The van der Waals surface area contributed by atoms with Gasteiger partial charge in [0, 0.05) is 37.7 Å². The number of fused-ring (bicyclic) bond motifs is 20. The number of benzene rings is 17. The smallest absolute Gasteiger partial charge is 0.143 e. The molecule has 2 nitrogen and oxygen atoms in total. The van der Waals surface area contributed by atoms with Crippen LogP contribution in [-0.4, -0.2) is 0 Å². The van der Waals surface area contributed by atoms with E-state index in [1.54, 1.807) is 0 Å². The molecule has 1 aliphatic rings. The van der Waals surface area contributed by atoms with E-state index in [4.69, 9.17) is 51.3 Å². The predicted molar refractivity (Wildman–Crippen MR) is 387 cm³/mol. The molecular weight excluding hydrogens is 1100 g/mol. The number of furan rings is 2. The van der Waals surface area contributed by atoms with Crippen LogP contribution in [0.25, 0.3) is 186 Å². The van der Waals surface area contributed by atoms with E-state index in [0.717, 1.165) is 0 Å². The van der Waals surface area contributed by atoms with Crippen LogP contribution in [0.3, 0.4) is 0 Å². The summed E-state index contributed by atoms with van der Waals surface area (Å²) in [5.41, 5.74) is -9.30.